The Bertz CT molecular complexity index is 1140. The first-order valence-electron chi connectivity index (χ1n) is 13.2. The minimum Gasteiger partial charge on any atom is -0.481 e. The number of hydrogen-bond donors (Lipinski definition) is 8. The van der Waals surface area contributed by atoms with Gasteiger partial charge < -0.3 is 43.2 Å². The quantitative estimate of drug-likeness (QED) is 0.0879. The van der Waals surface area contributed by atoms with Gasteiger partial charge in [-0.25, -0.2) is 0 Å². The van der Waals surface area contributed by atoms with Crippen molar-refractivity contribution >= 4 is 41.5 Å². The molecule has 1 aromatic rings. The van der Waals surface area contributed by atoms with Gasteiger partial charge in [0.25, 0.3) is 0 Å². The van der Waals surface area contributed by atoms with Crippen LogP contribution in [0.4, 0.5) is 0 Å². The van der Waals surface area contributed by atoms with Crippen LogP contribution in [0, 0.1) is 5.92 Å². The summed E-state index contributed by atoms with van der Waals surface area (Å²) >= 11 is 0. The highest BCUT2D eigenvalue weighted by atomic mass is 16.4. The van der Waals surface area contributed by atoms with Crippen molar-refractivity contribution in [3.05, 3.63) is 35.9 Å². The summed E-state index contributed by atoms with van der Waals surface area (Å²) in [5.41, 5.74) is 11.4. The summed E-state index contributed by atoms with van der Waals surface area (Å²) in [6.45, 7) is 2.98. The van der Waals surface area contributed by atoms with E-state index in [1.165, 1.54) is 0 Å². The normalized spacial score (nSPS) is 22.7. The molecular formula is C26H38N8O7. The lowest BCUT2D eigenvalue weighted by Crippen LogP contribution is -2.59. The molecule has 0 unspecified atom stereocenters. The second-order valence-corrected chi connectivity index (χ2v) is 9.93. The molecule has 10 N–H and O–H groups in total. The first kappa shape index (κ1) is 32.5. The fourth-order valence-corrected chi connectivity index (χ4v) is 4.07. The van der Waals surface area contributed by atoms with E-state index >= 15 is 0 Å². The fraction of sp³-hybridized carbons (Fsp3) is 0.500. The zero-order valence-corrected chi connectivity index (χ0v) is 23.0. The highest BCUT2D eigenvalue weighted by molar-refractivity contribution is 5.98. The Morgan fingerprint density at radius 1 is 0.902 bits per heavy atom. The third kappa shape index (κ3) is 11.1. The van der Waals surface area contributed by atoms with Gasteiger partial charge in [0.2, 0.25) is 29.5 Å². The van der Waals surface area contributed by atoms with Crippen molar-refractivity contribution in [3.63, 3.8) is 0 Å². The van der Waals surface area contributed by atoms with Crippen LogP contribution in [0.3, 0.4) is 0 Å². The standard InChI is InChI=1S/C26H38N8O7/c1-14(2)21-25(41)32-16(9-6-10-29-26(27)28)22(38)30-13-19(35)31-18(12-20(36)37)23(39)33-17(24(40)34-21)11-15-7-4-3-5-8-15/h3-5,7-8,14,16-18,21H,6,9-13H2,1-2H3,(H,30,38)(H,31,35)(H,32,41)(H,33,39)(H,34,40)(H,36,37)(H4,27,28,29)/t16-,17-,18-,21-/m0/s1. The molecule has 41 heavy (non-hydrogen) atoms. The summed E-state index contributed by atoms with van der Waals surface area (Å²) in [6.07, 6.45) is -0.341. The third-order valence-corrected chi connectivity index (χ3v) is 6.19. The van der Waals surface area contributed by atoms with E-state index in [0.717, 1.165) is 0 Å². The topological polar surface area (TPSA) is 247 Å². The molecule has 1 aromatic carbocycles. The maximum atomic E-state index is 13.4. The van der Waals surface area contributed by atoms with E-state index in [1.54, 1.807) is 44.2 Å². The van der Waals surface area contributed by atoms with Crippen LogP contribution < -0.4 is 38.1 Å². The van der Waals surface area contributed by atoms with E-state index in [-0.39, 0.29) is 25.3 Å². The second-order valence-electron chi connectivity index (χ2n) is 9.93. The Kier molecular flexibility index (Phi) is 12.5. The molecule has 4 atom stereocenters. The number of carbonyl (C=O) groups is 6. The van der Waals surface area contributed by atoms with Gasteiger partial charge in [-0.15, -0.1) is 0 Å². The van der Waals surface area contributed by atoms with Crippen molar-refractivity contribution < 1.29 is 33.9 Å². The number of carboxylic acids is 1. The molecule has 0 radical (unpaired) electrons. The minimum absolute atomic E-state index is 0.0199. The van der Waals surface area contributed by atoms with E-state index in [9.17, 15) is 33.9 Å². The first-order valence-corrected chi connectivity index (χ1v) is 13.2. The third-order valence-electron chi connectivity index (χ3n) is 6.19. The molecule has 15 nitrogen and oxygen atoms in total. The molecule has 1 aliphatic rings. The number of rotatable bonds is 9. The van der Waals surface area contributed by atoms with Crippen LogP contribution in [-0.2, 0) is 35.2 Å². The Morgan fingerprint density at radius 2 is 1.54 bits per heavy atom. The number of carboxylic acid groups (broad SMARTS) is 1. The number of amides is 5. The van der Waals surface area contributed by atoms with Crippen molar-refractivity contribution in [2.24, 2.45) is 22.4 Å². The molecule has 0 saturated carbocycles. The van der Waals surface area contributed by atoms with Crippen molar-refractivity contribution in [1.29, 1.82) is 0 Å². The van der Waals surface area contributed by atoms with Crippen LogP contribution >= 0.6 is 0 Å². The van der Waals surface area contributed by atoms with Crippen LogP contribution in [0.2, 0.25) is 0 Å². The lowest BCUT2D eigenvalue weighted by atomic mass is 10.00. The van der Waals surface area contributed by atoms with Crippen LogP contribution in [0.5, 0.6) is 0 Å². The van der Waals surface area contributed by atoms with Gasteiger partial charge in [0, 0.05) is 13.0 Å². The second kappa shape index (κ2) is 15.8. The molecule has 0 bridgehead atoms. The van der Waals surface area contributed by atoms with Gasteiger partial charge in [-0.05, 0) is 24.3 Å². The number of nitrogens with two attached hydrogens (primary N) is 2. The van der Waals surface area contributed by atoms with E-state index in [2.05, 4.69) is 31.6 Å². The van der Waals surface area contributed by atoms with E-state index in [1.807, 2.05) is 0 Å². The summed E-state index contributed by atoms with van der Waals surface area (Å²) in [5.74, 6) is -5.75. The van der Waals surface area contributed by atoms with E-state index in [4.69, 9.17) is 11.5 Å². The lowest BCUT2D eigenvalue weighted by Gasteiger charge is -2.27. The lowest BCUT2D eigenvalue weighted by molar-refractivity contribution is -0.141. The minimum atomic E-state index is -1.54. The van der Waals surface area contributed by atoms with Crippen LogP contribution in [0.1, 0.15) is 38.7 Å². The van der Waals surface area contributed by atoms with Gasteiger partial charge in [-0.1, -0.05) is 44.2 Å². The highest BCUT2D eigenvalue weighted by Gasteiger charge is 2.34. The molecule has 5 amide bonds. The van der Waals surface area contributed by atoms with Gasteiger partial charge in [-0.3, -0.25) is 33.8 Å². The van der Waals surface area contributed by atoms with Crippen LogP contribution in [0.25, 0.3) is 0 Å². The zero-order valence-electron chi connectivity index (χ0n) is 23.0. The summed E-state index contributed by atoms with van der Waals surface area (Å²) < 4.78 is 0. The van der Waals surface area contributed by atoms with Crippen molar-refractivity contribution in [2.75, 3.05) is 13.1 Å². The van der Waals surface area contributed by atoms with E-state index < -0.39 is 78.6 Å². The molecule has 224 valence electrons. The first-order chi connectivity index (χ1) is 19.4. The Balaban J connectivity index is 2.43. The summed E-state index contributed by atoms with van der Waals surface area (Å²) in [4.78, 5) is 80.7. The fourth-order valence-electron chi connectivity index (χ4n) is 4.07. The van der Waals surface area contributed by atoms with Crippen molar-refractivity contribution in [1.82, 2.24) is 26.6 Å². The number of guanidine groups is 1. The van der Waals surface area contributed by atoms with Crippen LogP contribution in [-0.4, -0.2) is 83.8 Å². The van der Waals surface area contributed by atoms with Crippen molar-refractivity contribution in [2.45, 2.75) is 63.7 Å². The number of hydrogen-bond acceptors (Lipinski definition) is 7. The molecule has 2 rings (SSSR count). The zero-order chi connectivity index (χ0) is 30.5. The SMILES string of the molecule is CC(C)[C@@H]1NC(=O)[C@H](Cc2ccccc2)NC(=O)[C@H](CC(=O)O)NC(=O)CNC(=O)[C@H](CCCN=C(N)N)NC1=O. The Labute approximate surface area is 237 Å². The number of aliphatic carboxylic acids is 1. The number of benzene rings is 1. The van der Waals surface area contributed by atoms with Gasteiger partial charge >= 0.3 is 5.97 Å². The predicted octanol–water partition coefficient (Wildman–Crippen LogP) is -2.52. The average Bonchev–Trinajstić information content (AvgIpc) is 2.90. The van der Waals surface area contributed by atoms with E-state index in [0.29, 0.717) is 12.0 Å². The molecule has 0 aliphatic carbocycles. The van der Waals surface area contributed by atoms with Gasteiger partial charge in [0.05, 0.1) is 13.0 Å². The number of nitrogens with one attached hydrogen (secondary N) is 5. The van der Waals surface area contributed by atoms with Gasteiger partial charge in [0.1, 0.15) is 24.2 Å². The smallest absolute Gasteiger partial charge is 0.305 e. The van der Waals surface area contributed by atoms with Crippen LogP contribution in [0.15, 0.2) is 35.3 Å². The summed E-state index contributed by atoms with van der Waals surface area (Å²) in [7, 11) is 0. The largest absolute Gasteiger partial charge is 0.481 e. The van der Waals surface area contributed by atoms with Gasteiger partial charge in [0.15, 0.2) is 5.96 Å². The highest BCUT2D eigenvalue weighted by Crippen LogP contribution is 2.09. The summed E-state index contributed by atoms with van der Waals surface area (Å²) in [5, 5.41) is 21.8. The Morgan fingerprint density at radius 3 is 2.15 bits per heavy atom. The maximum absolute atomic E-state index is 13.4. The molecular weight excluding hydrogens is 536 g/mol. The number of aliphatic imine (C=N–C) groups is 1. The molecule has 1 saturated heterocycles. The average molecular weight is 575 g/mol. The maximum Gasteiger partial charge on any atom is 0.305 e. The Hall–Kier alpha value is -4.69. The molecule has 1 fully saturated rings. The molecule has 15 heteroatoms. The molecule has 0 spiro atoms. The van der Waals surface area contributed by atoms with Gasteiger partial charge in [-0.2, -0.15) is 0 Å². The summed E-state index contributed by atoms with van der Waals surface area (Å²) in [6, 6.07) is 3.79. The predicted molar refractivity (Wildman–Crippen MR) is 148 cm³/mol. The number of carbonyl (C=O) groups excluding carboxylic acids is 5. The number of nitrogens with zero attached hydrogens (tertiary/aromatic N) is 1. The molecule has 1 heterocycles. The molecule has 0 aromatic heterocycles. The van der Waals surface area contributed by atoms with Crippen molar-refractivity contribution in [3.8, 4) is 0 Å². The monoisotopic (exact) mass is 574 g/mol. The molecule has 1 aliphatic heterocycles.